The minimum absolute atomic E-state index is 0.0980. The fourth-order valence-corrected chi connectivity index (χ4v) is 7.45. The van der Waals surface area contributed by atoms with Gasteiger partial charge in [-0.1, -0.05) is 123 Å². The smallest absolute Gasteiger partial charge is 0.135 e. The van der Waals surface area contributed by atoms with E-state index in [9.17, 15) is 0 Å². The molecule has 1 aliphatic rings. The van der Waals surface area contributed by atoms with Gasteiger partial charge in [-0.2, -0.15) is 0 Å². The minimum Gasteiger partial charge on any atom is -0.456 e. The van der Waals surface area contributed by atoms with Crippen molar-refractivity contribution in [1.82, 2.24) is 0 Å². The van der Waals surface area contributed by atoms with Gasteiger partial charge in [0, 0.05) is 32.8 Å². The molecule has 1 aromatic heterocycles. The molecule has 0 N–H and O–H groups in total. The average Bonchev–Trinajstić information content (AvgIpc) is 3.57. The topological polar surface area (TPSA) is 16.4 Å². The second-order valence-electron chi connectivity index (χ2n) is 12.6. The van der Waals surface area contributed by atoms with E-state index < -0.39 is 0 Å². The van der Waals surface area contributed by atoms with Crippen LogP contribution in [-0.2, 0) is 5.41 Å². The summed E-state index contributed by atoms with van der Waals surface area (Å²) in [5.41, 5.74) is 12.9. The average molecular weight is 578 g/mol. The number of para-hydroxylation sites is 2. The Morgan fingerprint density at radius 3 is 2.04 bits per heavy atom. The van der Waals surface area contributed by atoms with Crippen LogP contribution in [0.15, 0.2) is 156 Å². The predicted molar refractivity (Wildman–Crippen MR) is 189 cm³/mol. The van der Waals surface area contributed by atoms with E-state index in [4.69, 9.17) is 4.42 Å². The lowest BCUT2D eigenvalue weighted by molar-refractivity contribution is 0.660. The first-order chi connectivity index (χ1) is 22.1. The Hall–Kier alpha value is -5.60. The number of furan rings is 1. The van der Waals surface area contributed by atoms with Gasteiger partial charge in [0.1, 0.15) is 11.2 Å². The Balaban J connectivity index is 1.30. The highest BCUT2D eigenvalue weighted by molar-refractivity contribution is 6.07. The van der Waals surface area contributed by atoms with Crippen LogP contribution in [0.5, 0.6) is 0 Å². The number of anilines is 3. The van der Waals surface area contributed by atoms with E-state index in [0.717, 1.165) is 44.6 Å². The summed E-state index contributed by atoms with van der Waals surface area (Å²) in [5, 5.41) is 4.71. The lowest BCUT2D eigenvalue weighted by Crippen LogP contribution is -2.17. The molecule has 45 heavy (non-hydrogen) atoms. The lowest BCUT2D eigenvalue weighted by atomic mass is 9.82. The zero-order chi connectivity index (χ0) is 30.1. The van der Waals surface area contributed by atoms with Gasteiger partial charge in [0.25, 0.3) is 0 Å². The molecule has 9 rings (SSSR count). The van der Waals surface area contributed by atoms with Gasteiger partial charge in [0.15, 0.2) is 0 Å². The van der Waals surface area contributed by atoms with Crippen LogP contribution in [0.4, 0.5) is 17.1 Å². The molecule has 0 atom stereocenters. The van der Waals surface area contributed by atoms with Crippen LogP contribution in [0.25, 0.3) is 55.0 Å². The number of hydrogen-bond acceptors (Lipinski definition) is 2. The SMILES string of the molecule is CC1(C)c2ccccc2-c2ccc(N(c3ccccc3-c3ccc4oc5ccccc5c4c3)c3cccc4ccccc34)cc21. The number of nitrogens with zero attached hydrogens (tertiary/aromatic N) is 1. The van der Waals surface area contributed by atoms with Crippen molar-refractivity contribution in [3.63, 3.8) is 0 Å². The molecule has 7 aromatic carbocycles. The fourth-order valence-electron chi connectivity index (χ4n) is 7.45. The van der Waals surface area contributed by atoms with Crippen molar-refractivity contribution in [3.8, 4) is 22.3 Å². The molecule has 0 amide bonds. The molecule has 0 spiro atoms. The summed E-state index contributed by atoms with van der Waals surface area (Å²) in [6.45, 7) is 4.70. The van der Waals surface area contributed by atoms with Crippen LogP contribution in [0, 0.1) is 0 Å². The highest BCUT2D eigenvalue weighted by atomic mass is 16.3. The number of hydrogen-bond donors (Lipinski definition) is 0. The maximum Gasteiger partial charge on any atom is 0.135 e. The zero-order valence-corrected chi connectivity index (χ0v) is 25.3. The van der Waals surface area contributed by atoms with Gasteiger partial charge in [0.05, 0.1) is 11.4 Å². The Labute approximate surface area is 262 Å². The molecule has 0 radical (unpaired) electrons. The van der Waals surface area contributed by atoms with Crippen molar-refractivity contribution in [3.05, 3.63) is 163 Å². The van der Waals surface area contributed by atoms with E-state index >= 15 is 0 Å². The largest absolute Gasteiger partial charge is 0.456 e. The van der Waals surface area contributed by atoms with Gasteiger partial charge in [-0.3, -0.25) is 0 Å². The molecule has 0 saturated heterocycles. The third-order valence-electron chi connectivity index (χ3n) is 9.67. The predicted octanol–water partition coefficient (Wildman–Crippen LogP) is 12.2. The van der Waals surface area contributed by atoms with E-state index in [1.54, 1.807) is 0 Å². The molecule has 214 valence electrons. The van der Waals surface area contributed by atoms with Crippen molar-refractivity contribution in [1.29, 1.82) is 0 Å². The monoisotopic (exact) mass is 577 g/mol. The van der Waals surface area contributed by atoms with Crippen LogP contribution in [0.1, 0.15) is 25.0 Å². The molecule has 0 bridgehead atoms. The van der Waals surface area contributed by atoms with Gasteiger partial charge >= 0.3 is 0 Å². The molecule has 0 fully saturated rings. The maximum absolute atomic E-state index is 6.19. The number of rotatable bonds is 4. The van der Waals surface area contributed by atoms with Crippen molar-refractivity contribution < 1.29 is 4.42 Å². The third kappa shape index (κ3) is 3.89. The van der Waals surface area contributed by atoms with Crippen LogP contribution in [-0.4, -0.2) is 0 Å². The third-order valence-corrected chi connectivity index (χ3v) is 9.67. The van der Waals surface area contributed by atoms with Crippen molar-refractivity contribution in [2.75, 3.05) is 4.90 Å². The summed E-state index contributed by atoms with van der Waals surface area (Å²) in [6.07, 6.45) is 0. The summed E-state index contributed by atoms with van der Waals surface area (Å²) < 4.78 is 6.19. The second-order valence-corrected chi connectivity index (χ2v) is 12.6. The number of fused-ring (bicyclic) bond motifs is 7. The first-order valence-electron chi connectivity index (χ1n) is 15.6. The van der Waals surface area contributed by atoms with E-state index in [2.05, 4.69) is 158 Å². The van der Waals surface area contributed by atoms with Crippen LogP contribution in [0.2, 0.25) is 0 Å². The summed E-state index contributed by atoms with van der Waals surface area (Å²) in [6, 6.07) is 54.8. The van der Waals surface area contributed by atoms with Gasteiger partial charge in [-0.15, -0.1) is 0 Å². The van der Waals surface area contributed by atoms with Gasteiger partial charge in [-0.25, -0.2) is 0 Å². The zero-order valence-electron chi connectivity index (χ0n) is 25.3. The van der Waals surface area contributed by atoms with Crippen LogP contribution in [0.3, 0.4) is 0 Å². The van der Waals surface area contributed by atoms with E-state index in [1.165, 1.54) is 38.6 Å². The Morgan fingerprint density at radius 2 is 1.13 bits per heavy atom. The van der Waals surface area contributed by atoms with Crippen LogP contribution < -0.4 is 4.90 Å². The van der Waals surface area contributed by atoms with Gasteiger partial charge < -0.3 is 9.32 Å². The van der Waals surface area contributed by atoms with Gasteiger partial charge in [0.2, 0.25) is 0 Å². The van der Waals surface area contributed by atoms with Crippen molar-refractivity contribution in [2.45, 2.75) is 19.3 Å². The Bertz CT molecular complexity index is 2420. The summed E-state index contributed by atoms with van der Waals surface area (Å²) in [7, 11) is 0. The lowest BCUT2D eigenvalue weighted by Gasteiger charge is -2.30. The number of benzene rings is 7. The highest BCUT2D eigenvalue weighted by Gasteiger charge is 2.36. The molecule has 0 unspecified atom stereocenters. The standard InChI is InChI=1S/C43H31NO/c1-43(2)37-18-8-5-16-33(37)34-24-23-30(27-38(34)43)44(40-20-11-13-28-12-3-4-14-31(28)40)39-19-9-6-15-32(39)29-22-25-42-36(26-29)35-17-7-10-21-41(35)45-42/h3-27H,1-2H3. The molecule has 0 aliphatic heterocycles. The van der Waals surface area contributed by atoms with Crippen molar-refractivity contribution in [2.24, 2.45) is 0 Å². The molecule has 0 saturated carbocycles. The maximum atomic E-state index is 6.19. The molecule has 8 aromatic rings. The molecule has 1 aliphatic carbocycles. The van der Waals surface area contributed by atoms with E-state index in [1.807, 2.05) is 12.1 Å². The molecule has 1 heterocycles. The molecule has 2 nitrogen and oxygen atoms in total. The summed E-state index contributed by atoms with van der Waals surface area (Å²) in [5.74, 6) is 0. The minimum atomic E-state index is -0.0980. The van der Waals surface area contributed by atoms with E-state index in [0.29, 0.717) is 0 Å². The Kier molecular flexibility index (Phi) is 5.58. The summed E-state index contributed by atoms with van der Waals surface area (Å²) >= 11 is 0. The van der Waals surface area contributed by atoms with E-state index in [-0.39, 0.29) is 5.41 Å². The molecule has 2 heteroatoms. The molecular weight excluding hydrogens is 546 g/mol. The molecular formula is C43H31NO. The summed E-state index contributed by atoms with van der Waals surface area (Å²) in [4.78, 5) is 2.45. The highest BCUT2D eigenvalue weighted by Crippen LogP contribution is 2.51. The second kappa shape index (κ2) is 9.70. The first kappa shape index (κ1) is 25.9. The normalized spacial score (nSPS) is 13.3. The van der Waals surface area contributed by atoms with Crippen molar-refractivity contribution >= 4 is 49.8 Å². The van der Waals surface area contributed by atoms with Gasteiger partial charge in [-0.05, 0) is 75.7 Å². The fraction of sp³-hybridized carbons (Fsp3) is 0.0698. The quantitative estimate of drug-likeness (QED) is 0.207. The Morgan fingerprint density at radius 1 is 0.467 bits per heavy atom. The van der Waals surface area contributed by atoms with Crippen LogP contribution >= 0.6 is 0 Å². The first-order valence-corrected chi connectivity index (χ1v) is 15.6.